The van der Waals surface area contributed by atoms with E-state index >= 15 is 0 Å². The average molecular weight is 280 g/mol. The molecule has 3 N–H and O–H groups in total. The van der Waals surface area contributed by atoms with Crippen molar-refractivity contribution in [3.63, 3.8) is 0 Å². The summed E-state index contributed by atoms with van der Waals surface area (Å²) in [6, 6.07) is 2.89. The predicted molar refractivity (Wildman–Crippen MR) is 65.3 cm³/mol. The molecule has 1 atom stereocenters. The van der Waals surface area contributed by atoms with Crippen LogP contribution in [0.3, 0.4) is 0 Å². The lowest BCUT2D eigenvalue weighted by Crippen LogP contribution is -2.16. The van der Waals surface area contributed by atoms with E-state index < -0.39 is 20.8 Å². The smallest absolute Gasteiger partial charge is 0.271 e. The Bertz CT molecular complexity index is 481. The fraction of sp³-hybridized carbons (Fsp3) is 0.556. The highest BCUT2D eigenvalue weighted by Gasteiger charge is 2.12. The predicted octanol–water partition coefficient (Wildman–Crippen LogP) is -0.215. The first kappa shape index (κ1) is 14.4. The van der Waals surface area contributed by atoms with Gasteiger partial charge in [-0.25, -0.2) is 13.6 Å². The molecule has 1 heterocycles. The summed E-state index contributed by atoms with van der Waals surface area (Å²) in [5.74, 6) is 1.15. The van der Waals surface area contributed by atoms with Crippen LogP contribution in [-0.4, -0.2) is 31.2 Å². The van der Waals surface area contributed by atoms with E-state index in [1.54, 1.807) is 12.3 Å². The number of furan rings is 1. The van der Waals surface area contributed by atoms with Gasteiger partial charge >= 0.3 is 0 Å². The van der Waals surface area contributed by atoms with Gasteiger partial charge in [0, 0.05) is 22.8 Å². The second-order valence-electron chi connectivity index (χ2n) is 3.57. The van der Waals surface area contributed by atoms with Crippen LogP contribution in [-0.2, 0) is 27.4 Å². The molecule has 0 spiro atoms. The maximum Gasteiger partial charge on any atom is 0.271 e. The molecular weight excluding hydrogens is 264 g/mol. The highest BCUT2D eigenvalue weighted by Crippen LogP contribution is 2.11. The summed E-state index contributed by atoms with van der Waals surface area (Å²) in [7, 11) is -4.54. The molecule has 1 rings (SSSR count). The highest BCUT2D eigenvalue weighted by molar-refractivity contribution is 7.89. The molecule has 0 aromatic carbocycles. The number of hydrogen-bond donors (Lipinski definition) is 2. The van der Waals surface area contributed by atoms with Gasteiger partial charge < -0.3 is 9.73 Å². The van der Waals surface area contributed by atoms with Crippen molar-refractivity contribution in [2.24, 2.45) is 5.14 Å². The number of nitrogens with one attached hydrogen (secondary N) is 1. The standard InChI is InChI=1S/C9H16N2O4S2/c1-16(12)6-2-5-11-7-8-3-4-9(15-8)17(10,13)14/h3-4,11H,2,5-7H2,1H3,(H2,10,13,14). The first-order chi connectivity index (χ1) is 7.89. The topological polar surface area (TPSA) is 102 Å². The number of hydrogen-bond acceptors (Lipinski definition) is 5. The van der Waals surface area contributed by atoms with Crippen molar-refractivity contribution >= 4 is 20.8 Å². The summed E-state index contributed by atoms with van der Waals surface area (Å²) < 4.78 is 37.7. The fourth-order valence-corrected chi connectivity index (χ4v) is 2.25. The molecule has 0 aliphatic heterocycles. The van der Waals surface area contributed by atoms with Crippen LogP contribution in [0.1, 0.15) is 12.2 Å². The molecule has 0 radical (unpaired) electrons. The van der Waals surface area contributed by atoms with Gasteiger partial charge in [-0.2, -0.15) is 0 Å². The van der Waals surface area contributed by atoms with Gasteiger partial charge in [0.1, 0.15) is 5.76 Å². The third-order valence-electron chi connectivity index (χ3n) is 2.00. The van der Waals surface area contributed by atoms with Gasteiger partial charge in [-0.3, -0.25) is 4.21 Å². The van der Waals surface area contributed by atoms with Gasteiger partial charge in [-0.05, 0) is 25.1 Å². The van der Waals surface area contributed by atoms with Gasteiger partial charge in [-0.1, -0.05) is 0 Å². The number of rotatable bonds is 7. The summed E-state index contributed by atoms with van der Waals surface area (Å²) >= 11 is 0. The van der Waals surface area contributed by atoms with Crippen molar-refractivity contribution in [3.05, 3.63) is 17.9 Å². The van der Waals surface area contributed by atoms with Gasteiger partial charge in [0.2, 0.25) is 5.09 Å². The number of sulfonamides is 1. The minimum Gasteiger partial charge on any atom is -0.447 e. The van der Waals surface area contributed by atoms with E-state index in [9.17, 15) is 12.6 Å². The Morgan fingerprint density at radius 2 is 2.18 bits per heavy atom. The quantitative estimate of drug-likeness (QED) is 0.673. The van der Waals surface area contributed by atoms with Crippen molar-refractivity contribution in [2.75, 3.05) is 18.6 Å². The molecule has 17 heavy (non-hydrogen) atoms. The molecule has 0 fully saturated rings. The molecule has 0 amide bonds. The number of nitrogens with two attached hydrogens (primary N) is 1. The monoisotopic (exact) mass is 280 g/mol. The minimum absolute atomic E-state index is 0.232. The van der Waals surface area contributed by atoms with Gasteiger partial charge in [0.25, 0.3) is 10.0 Å². The number of primary sulfonamides is 1. The van der Waals surface area contributed by atoms with Crippen LogP contribution >= 0.6 is 0 Å². The molecule has 0 saturated heterocycles. The molecule has 0 aliphatic carbocycles. The van der Waals surface area contributed by atoms with Gasteiger partial charge in [-0.15, -0.1) is 0 Å². The molecule has 0 bridgehead atoms. The average Bonchev–Trinajstić information content (AvgIpc) is 2.64. The Labute approximate surface area is 103 Å². The van der Waals surface area contributed by atoms with Gasteiger partial charge in [0.15, 0.2) is 0 Å². The molecule has 1 unspecified atom stereocenters. The van der Waals surface area contributed by atoms with E-state index in [0.29, 0.717) is 24.6 Å². The first-order valence-electron chi connectivity index (χ1n) is 5.02. The van der Waals surface area contributed by atoms with Crippen molar-refractivity contribution < 1.29 is 17.0 Å². The molecule has 6 nitrogen and oxygen atoms in total. The van der Waals surface area contributed by atoms with Crippen molar-refractivity contribution in [1.82, 2.24) is 5.32 Å². The van der Waals surface area contributed by atoms with Crippen molar-refractivity contribution in [3.8, 4) is 0 Å². The molecule has 8 heteroatoms. The highest BCUT2D eigenvalue weighted by atomic mass is 32.2. The van der Waals surface area contributed by atoms with Crippen LogP contribution in [0.15, 0.2) is 21.6 Å². The first-order valence-corrected chi connectivity index (χ1v) is 8.29. The molecule has 0 aliphatic rings. The Hall–Kier alpha value is -0.700. The van der Waals surface area contributed by atoms with Crippen molar-refractivity contribution in [2.45, 2.75) is 18.1 Å². The Balaban J connectivity index is 2.33. The SMILES string of the molecule is CS(=O)CCCNCc1ccc(S(N)(=O)=O)o1. The minimum atomic E-state index is -3.76. The van der Waals surface area contributed by atoms with E-state index in [1.807, 2.05) is 0 Å². The molecule has 1 aromatic rings. The van der Waals surface area contributed by atoms with E-state index in [4.69, 9.17) is 9.56 Å². The zero-order valence-electron chi connectivity index (χ0n) is 9.51. The summed E-state index contributed by atoms with van der Waals surface area (Å²) in [4.78, 5) is 0. The summed E-state index contributed by atoms with van der Waals surface area (Å²) in [5, 5.41) is 7.73. The lowest BCUT2D eigenvalue weighted by atomic mass is 10.4. The van der Waals surface area contributed by atoms with Crippen LogP contribution in [0.5, 0.6) is 0 Å². The zero-order chi connectivity index (χ0) is 12.9. The van der Waals surface area contributed by atoms with Crippen LogP contribution in [0.2, 0.25) is 0 Å². The third kappa shape index (κ3) is 5.44. The maximum absolute atomic E-state index is 10.9. The molecule has 98 valence electrons. The van der Waals surface area contributed by atoms with Crippen molar-refractivity contribution in [1.29, 1.82) is 0 Å². The van der Waals surface area contributed by atoms with E-state index in [1.165, 1.54) is 6.07 Å². The lowest BCUT2D eigenvalue weighted by molar-refractivity contribution is 0.403. The molecule has 0 saturated carbocycles. The van der Waals surface area contributed by atoms with E-state index in [0.717, 1.165) is 6.42 Å². The second kappa shape index (κ2) is 6.29. The third-order valence-corrected chi connectivity index (χ3v) is 3.65. The maximum atomic E-state index is 10.9. The molecular formula is C9H16N2O4S2. The normalized spacial score (nSPS) is 13.8. The van der Waals surface area contributed by atoms with Crippen LogP contribution in [0.25, 0.3) is 0 Å². The van der Waals surface area contributed by atoms with E-state index in [2.05, 4.69) is 5.32 Å². The molecule has 1 aromatic heterocycles. The van der Waals surface area contributed by atoms with Crippen LogP contribution < -0.4 is 10.5 Å². The van der Waals surface area contributed by atoms with Gasteiger partial charge in [0.05, 0.1) is 6.54 Å². The summed E-state index contributed by atoms with van der Waals surface area (Å²) in [6.07, 6.45) is 2.46. The Kier molecular flexibility index (Phi) is 5.31. The fourth-order valence-electron chi connectivity index (χ4n) is 1.22. The zero-order valence-corrected chi connectivity index (χ0v) is 11.1. The Morgan fingerprint density at radius 3 is 2.71 bits per heavy atom. The second-order valence-corrected chi connectivity index (χ2v) is 6.62. The van der Waals surface area contributed by atoms with Crippen LogP contribution in [0, 0.1) is 0 Å². The van der Waals surface area contributed by atoms with E-state index in [-0.39, 0.29) is 5.09 Å². The summed E-state index contributed by atoms with van der Waals surface area (Å²) in [6.45, 7) is 1.12. The largest absolute Gasteiger partial charge is 0.447 e. The van der Waals surface area contributed by atoms with Crippen LogP contribution in [0.4, 0.5) is 0 Å². The Morgan fingerprint density at radius 1 is 1.47 bits per heavy atom. The summed E-state index contributed by atoms with van der Waals surface area (Å²) in [5.41, 5.74) is 0. The lowest BCUT2D eigenvalue weighted by Gasteiger charge is -2.01.